The second-order valence-corrected chi connectivity index (χ2v) is 7.76. The van der Waals surface area contributed by atoms with Crippen LogP contribution in [0.25, 0.3) is 0 Å². The van der Waals surface area contributed by atoms with Crippen LogP contribution in [-0.4, -0.2) is 68.7 Å². The standard InChI is InChI=1S/C18H30N6O5S/c1-9(2)4-13(23-15(25)12(19)7-30)17(27)24-14(5-11-6-20-8-21-11)16(26)22-10(3)18(28)29/h6,8-10,12-14,30H,4-5,7,19H2,1-3H3,(H,20,21)(H,22,26)(H,23,25)(H,24,27)(H,28,29). The lowest BCUT2D eigenvalue weighted by Gasteiger charge is -2.25. The Morgan fingerprint density at radius 3 is 2.20 bits per heavy atom. The van der Waals surface area contributed by atoms with Gasteiger partial charge in [-0.2, -0.15) is 12.6 Å². The van der Waals surface area contributed by atoms with Crippen LogP contribution in [0.3, 0.4) is 0 Å². The first-order chi connectivity index (χ1) is 14.0. The monoisotopic (exact) mass is 442 g/mol. The maximum Gasteiger partial charge on any atom is 0.325 e. The van der Waals surface area contributed by atoms with E-state index in [2.05, 4.69) is 38.5 Å². The molecule has 0 aliphatic heterocycles. The minimum atomic E-state index is -1.21. The molecule has 168 valence electrons. The Kier molecular flexibility index (Phi) is 10.3. The Hall–Kier alpha value is -2.60. The van der Waals surface area contributed by atoms with Crippen LogP contribution in [0.2, 0.25) is 0 Å². The van der Waals surface area contributed by atoms with E-state index in [4.69, 9.17) is 10.8 Å². The van der Waals surface area contributed by atoms with Crippen molar-refractivity contribution in [2.45, 2.75) is 57.8 Å². The lowest BCUT2D eigenvalue weighted by atomic mass is 10.0. The van der Waals surface area contributed by atoms with Crippen molar-refractivity contribution in [1.82, 2.24) is 25.9 Å². The molecule has 12 heteroatoms. The Morgan fingerprint density at radius 2 is 1.70 bits per heavy atom. The van der Waals surface area contributed by atoms with Gasteiger partial charge in [0.05, 0.1) is 12.4 Å². The van der Waals surface area contributed by atoms with Gasteiger partial charge >= 0.3 is 5.97 Å². The third-order valence-corrected chi connectivity index (χ3v) is 4.61. The molecular weight excluding hydrogens is 412 g/mol. The Balaban J connectivity index is 2.98. The van der Waals surface area contributed by atoms with Crippen molar-refractivity contribution in [3.63, 3.8) is 0 Å². The molecule has 1 rings (SSSR count). The molecule has 0 saturated heterocycles. The van der Waals surface area contributed by atoms with Gasteiger partial charge in [-0.3, -0.25) is 19.2 Å². The number of aliphatic carboxylic acids is 1. The van der Waals surface area contributed by atoms with Gasteiger partial charge in [0.2, 0.25) is 17.7 Å². The zero-order valence-electron chi connectivity index (χ0n) is 17.2. The number of H-pyrrole nitrogens is 1. The number of hydrogen-bond acceptors (Lipinski definition) is 7. The molecule has 7 N–H and O–H groups in total. The number of hydrogen-bond donors (Lipinski definition) is 7. The molecule has 0 aliphatic rings. The van der Waals surface area contributed by atoms with E-state index in [-0.39, 0.29) is 18.1 Å². The molecule has 0 aliphatic carbocycles. The van der Waals surface area contributed by atoms with Gasteiger partial charge in [0.15, 0.2) is 0 Å². The van der Waals surface area contributed by atoms with Gasteiger partial charge in [0, 0.05) is 24.1 Å². The highest BCUT2D eigenvalue weighted by Gasteiger charge is 2.30. The third kappa shape index (κ3) is 8.41. The quantitative estimate of drug-likeness (QED) is 0.199. The Labute approximate surface area is 180 Å². The van der Waals surface area contributed by atoms with E-state index >= 15 is 0 Å². The van der Waals surface area contributed by atoms with E-state index in [0.717, 1.165) is 0 Å². The molecule has 0 bridgehead atoms. The zero-order valence-corrected chi connectivity index (χ0v) is 18.1. The number of aromatic nitrogens is 2. The number of nitrogens with one attached hydrogen (secondary N) is 4. The summed E-state index contributed by atoms with van der Waals surface area (Å²) in [5, 5.41) is 16.6. The molecule has 0 saturated carbocycles. The molecule has 1 aromatic rings. The fraction of sp³-hybridized carbons (Fsp3) is 0.611. The molecule has 11 nitrogen and oxygen atoms in total. The van der Waals surface area contributed by atoms with Gasteiger partial charge in [0.1, 0.15) is 18.1 Å². The molecule has 0 fully saturated rings. The highest BCUT2D eigenvalue weighted by atomic mass is 32.1. The molecule has 0 aromatic carbocycles. The number of nitrogens with two attached hydrogens (primary N) is 1. The smallest absolute Gasteiger partial charge is 0.325 e. The van der Waals surface area contributed by atoms with E-state index in [1.165, 1.54) is 19.4 Å². The zero-order chi connectivity index (χ0) is 22.8. The maximum absolute atomic E-state index is 12.9. The SMILES string of the molecule is CC(C)CC(NC(=O)C(N)CS)C(=O)NC(Cc1cnc[nH]1)C(=O)NC(C)C(=O)O. The largest absolute Gasteiger partial charge is 0.480 e. The molecule has 4 atom stereocenters. The summed E-state index contributed by atoms with van der Waals surface area (Å²) in [6.45, 7) is 5.08. The van der Waals surface area contributed by atoms with Crippen molar-refractivity contribution in [3.8, 4) is 0 Å². The predicted octanol–water partition coefficient (Wildman–Crippen LogP) is -1.19. The van der Waals surface area contributed by atoms with Crippen molar-refractivity contribution >= 4 is 36.3 Å². The van der Waals surface area contributed by atoms with Gasteiger partial charge in [-0.25, -0.2) is 4.98 Å². The first kappa shape index (κ1) is 25.4. The molecule has 30 heavy (non-hydrogen) atoms. The van der Waals surface area contributed by atoms with E-state index in [1.54, 1.807) is 0 Å². The first-order valence-corrected chi connectivity index (χ1v) is 10.2. The highest BCUT2D eigenvalue weighted by molar-refractivity contribution is 7.80. The van der Waals surface area contributed by atoms with E-state index < -0.39 is 47.9 Å². The fourth-order valence-corrected chi connectivity index (χ4v) is 2.70. The fourth-order valence-electron chi connectivity index (χ4n) is 2.54. The number of carboxylic acids is 1. The van der Waals surface area contributed by atoms with Crippen LogP contribution < -0.4 is 21.7 Å². The minimum absolute atomic E-state index is 0.0579. The predicted molar refractivity (Wildman–Crippen MR) is 113 cm³/mol. The van der Waals surface area contributed by atoms with Gasteiger partial charge in [0.25, 0.3) is 0 Å². The Morgan fingerprint density at radius 1 is 1.10 bits per heavy atom. The highest BCUT2D eigenvalue weighted by Crippen LogP contribution is 2.07. The van der Waals surface area contributed by atoms with Gasteiger partial charge in [-0.15, -0.1) is 0 Å². The lowest BCUT2D eigenvalue weighted by molar-refractivity contribution is -0.141. The average Bonchev–Trinajstić information content (AvgIpc) is 3.18. The summed E-state index contributed by atoms with van der Waals surface area (Å²) < 4.78 is 0. The molecule has 3 amide bonds. The van der Waals surface area contributed by atoms with Crippen LogP contribution in [0.15, 0.2) is 12.5 Å². The maximum atomic E-state index is 12.9. The normalized spacial score (nSPS) is 15.0. The summed E-state index contributed by atoms with van der Waals surface area (Å²) in [5.41, 5.74) is 6.24. The molecule has 0 radical (unpaired) electrons. The van der Waals surface area contributed by atoms with Crippen LogP contribution in [0.5, 0.6) is 0 Å². The average molecular weight is 443 g/mol. The number of carboxylic acid groups (broad SMARTS) is 1. The minimum Gasteiger partial charge on any atom is -0.480 e. The number of rotatable bonds is 12. The van der Waals surface area contributed by atoms with Crippen LogP contribution in [-0.2, 0) is 25.6 Å². The van der Waals surface area contributed by atoms with Crippen molar-refractivity contribution in [1.29, 1.82) is 0 Å². The Bertz CT molecular complexity index is 727. The molecule has 0 spiro atoms. The number of imidazole rings is 1. The van der Waals surface area contributed by atoms with E-state index in [9.17, 15) is 19.2 Å². The van der Waals surface area contributed by atoms with Gasteiger partial charge in [-0.05, 0) is 19.3 Å². The second-order valence-electron chi connectivity index (χ2n) is 7.39. The van der Waals surface area contributed by atoms with Crippen molar-refractivity contribution in [3.05, 3.63) is 18.2 Å². The summed E-state index contributed by atoms with van der Waals surface area (Å²) in [7, 11) is 0. The summed E-state index contributed by atoms with van der Waals surface area (Å²) in [6, 6.07) is -4.02. The molecule has 4 unspecified atom stereocenters. The van der Waals surface area contributed by atoms with Crippen LogP contribution in [0.1, 0.15) is 32.9 Å². The number of amides is 3. The second kappa shape index (κ2) is 12.2. The van der Waals surface area contributed by atoms with Gasteiger partial charge < -0.3 is 31.8 Å². The van der Waals surface area contributed by atoms with Crippen LogP contribution in [0, 0.1) is 5.92 Å². The van der Waals surface area contributed by atoms with Crippen molar-refractivity contribution in [2.24, 2.45) is 11.7 Å². The number of carbonyl (C=O) groups is 4. The van der Waals surface area contributed by atoms with Gasteiger partial charge in [-0.1, -0.05) is 13.8 Å². The summed E-state index contributed by atoms with van der Waals surface area (Å²) >= 11 is 3.98. The molecule has 1 heterocycles. The van der Waals surface area contributed by atoms with Crippen molar-refractivity contribution in [2.75, 3.05) is 5.75 Å². The third-order valence-electron chi connectivity index (χ3n) is 4.21. The van der Waals surface area contributed by atoms with E-state index in [0.29, 0.717) is 12.1 Å². The van der Waals surface area contributed by atoms with E-state index in [1.807, 2.05) is 13.8 Å². The summed E-state index contributed by atoms with van der Waals surface area (Å²) in [5.74, 6) is -2.80. The number of thiol groups is 1. The first-order valence-electron chi connectivity index (χ1n) is 9.52. The number of aromatic amines is 1. The van der Waals surface area contributed by atoms with Crippen LogP contribution in [0.4, 0.5) is 0 Å². The lowest BCUT2D eigenvalue weighted by Crippen LogP contribution is -2.57. The number of carbonyl (C=O) groups excluding carboxylic acids is 3. The topological polar surface area (TPSA) is 179 Å². The molecule has 1 aromatic heterocycles. The number of nitrogens with zero attached hydrogens (tertiary/aromatic N) is 1. The summed E-state index contributed by atoms with van der Waals surface area (Å²) in [6.07, 6.45) is 3.29. The summed E-state index contributed by atoms with van der Waals surface area (Å²) in [4.78, 5) is 55.4. The van der Waals surface area contributed by atoms with Crippen molar-refractivity contribution < 1.29 is 24.3 Å². The van der Waals surface area contributed by atoms with Crippen LogP contribution >= 0.6 is 12.6 Å². The molecular formula is C18H30N6O5S.